The lowest BCUT2D eigenvalue weighted by Gasteiger charge is -2.31. The Labute approximate surface area is 153 Å². The molecule has 3 rings (SSSR count). The van der Waals surface area contributed by atoms with Gasteiger partial charge in [0.2, 0.25) is 0 Å². The number of thiazole rings is 1. The Morgan fingerprint density at radius 2 is 2.20 bits per heavy atom. The van der Waals surface area contributed by atoms with E-state index < -0.39 is 0 Å². The summed E-state index contributed by atoms with van der Waals surface area (Å²) in [5.41, 5.74) is 2.40. The van der Waals surface area contributed by atoms with Crippen LogP contribution in [0.4, 0.5) is 5.13 Å². The number of carbonyl (C=O) groups excluding carboxylic acids is 1. The Morgan fingerprint density at radius 3 is 2.84 bits per heavy atom. The van der Waals surface area contributed by atoms with Crippen LogP contribution in [0, 0.1) is 5.92 Å². The van der Waals surface area contributed by atoms with Gasteiger partial charge in [-0.1, -0.05) is 6.92 Å². The Hall–Kier alpha value is -2.08. The van der Waals surface area contributed by atoms with Crippen molar-refractivity contribution in [1.82, 2.24) is 9.88 Å². The first-order valence-corrected chi connectivity index (χ1v) is 9.48. The molecule has 2 heterocycles. The van der Waals surface area contributed by atoms with Gasteiger partial charge in [-0.25, -0.2) is 4.98 Å². The number of amides is 1. The van der Waals surface area contributed by atoms with Gasteiger partial charge in [0.15, 0.2) is 5.13 Å². The van der Waals surface area contributed by atoms with E-state index in [2.05, 4.69) is 11.9 Å². The van der Waals surface area contributed by atoms with Gasteiger partial charge >= 0.3 is 0 Å². The molecule has 1 unspecified atom stereocenters. The van der Waals surface area contributed by atoms with Crippen molar-refractivity contribution < 1.29 is 9.53 Å². The van der Waals surface area contributed by atoms with Crippen LogP contribution < -0.4 is 9.64 Å². The van der Waals surface area contributed by atoms with Crippen LogP contribution >= 0.6 is 11.3 Å². The van der Waals surface area contributed by atoms with E-state index in [9.17, 15) is 4.79 Å². The van der Waals surface area contributed by atoms with Gasteiger partial charge in [0.1, 0.15) is 5.75 Å². The van der Waals surface area contributed by atoms with Crippen LogP contribution in [0.1, 0.15) is 30.1 Å². The summed E-state index contributed by atoms with van der Waals surface area (Å²) >= 11 is 1.58. The van der Waals surface area contributed by atoms with Crippen LogP contribution in [0.25, 0.3) is 11.3 Å². The first kappa shape index (κ1) is 17.7. The second-order valence-corrected chi connectivity index (χ2v) is 7.66. The topological polar surface area (TPSA) is 45.7 Å². The molecule has 1 saturated heterocycles. The monoisotopic (exact) mass is 359 g/mol. The van der Waals surface area contributed by atoms with Crippen molar-refractivity contribution in [3.05, 3.63) is 29.1 Å². The van der Waals surface area contributed by atoms with Crippen LogP contribution in [0.5, 0.6) is 5.75 Å². The van der Waals surface area contributed by atoms with Crippen molar-refractivity contribution >= 4 is 22.4 Å². The smallest absolute Gasteiger partial charge is 0.253 e. The number of piperidine rings is 1. The maximum absolute atomic E-state index is 12.9. The van der Waals surface area contributed by atoms with Crippen molar-refractivity contribution in [2.45, 2.75) is 19.8 Å². The number of nitrogens with zero attached hydrogens (tertiary/aromatic N) is 3. The molecule has 6 heteroatoms. The predicted octanol–water partition coefficient (Wildman–Crippen LogP) is 3.76. The second kappa shape index (κ2) is 7.44. The fourth-order valence-electron chi connectivity index (χ4n) is 3.19. The number of anilines is 1. The lowest BCUT2D eigenvalue weighted by molar-refractivity contribution is 0.0683. The zero-order valence-electron chi connectivity index (χ0n) is 15.3. The maximum Gasteiger partial charge on any atom is 0.253 e. The van der Waals surface area contributed by atoms with Gasteiger partial charge in [0, 0.05) is 43.7 Å². The quantitative estimate of drug-likeness (QED) is 0.834. The van der Waals surface area contributed by atoms with E-state index in [0.29, 0.717) is 11.5 Å². The highest BCUT2D eigenvalue weighted by molar-refractivity contribution is 7.14. The lowest BCUT2D eigenvalue weighted by Crippen LogP contribution is -2.39. The first-order chi connectivity index (χ1) is 12.0. The minimum atomic E-state index is 0.0958. The van der Waals surface area contributed by atoms with Crippen LogP contribution in [0.3, 0.4) is 0 Å². The molecule has 0 bridgehead atoms. The zero-order chi connectivity index (χ0) is 18.0. The van der Waals surface area contributed by atoms with Crippen molar-refractivity contribution in [1.29, 1.82) is 0 Å². The summed E-state index contributed by atoms with van der Waals surface area (Å²) in [4.78, 5) is 21.5. The average molecular weight is 359 g/mol. The van der Waals surface area contributed by atoms with E-state index in [1.807, 2.05) is 47.5 Å². The van der Waals surface area contributed by atoms with Crippen LogP contribution in [0.2, 0.25) is 0 Å². The molecule has 1 amide bonds. The highest BCUT2D eigenvalue weighted by Gasteiger charge is 2.23. The van der Waals surface area contributed by atoms with E-state index in [1.54, 1.807) is 18.4 Å². The normalized spacial score (nSPS) is 17.4. The Balaban J connectivity index is 1.92. The number of hydrogen-bond acceptors (Lipinski definition) is 5. The van der Waals surface area contributed by atoms with E-state index in [1.165, 1.54) is 6.42 Å². The molecule has 134 valence electrons. The highest BCUT2D eigenvalue weighted by atomic mass is 32.1. The van der Waals surface area contributed by atoms with E-state index >= 15 is 0 Å². The molecule has 0 aliphatic carbocycles. The summed E-state index contributed by atoms with van der Waals surface area (Å²) in [5, 5.41) is 2.93. The molecular weight excluding hydrogens is 334 g/mol. The molecule has 2 aromatic rings. The minimum absolute atomic E-state index is 0.0958. The molecule has 0 spiro atoms. The predicted molar refractivity (Wildman–Crippen MR) is 103 cm³/mol. The number of ether oxygens (including phenoxy) is 1. The standard InChI is InChI=1S/C19H25N3O2S/c1-13-6-5-9-22(11-13)18(23)14-7-8-17(24-4)15(10-14)16-12-25-19(20-16)21(2)3/h7-8,10,12-13H,5-6,9,11H2,1-4H3. The maximum atomic E-state index is 12.9. The summed E-state index contributed by atoms with van der Waals surface area (Å²) in [6.45, 7) is 3.88. The number of methoxy groups -OCH3 is 1. The summed E-state index contributed by atoms with van der Waals surface area (Å²) in [7, 11) is 5.58. The first-order valence-electron chi connectivity index (χ1n) is 8.60. The third-order valence-corrected chi connectivity index (χ3v) is 5.55. The number of benzene rings is 1. The van der Waals surface area contributed by atoms with Gasteiger partial charge in [-0.05, 0) is 37.0 Å². The summed E-state index contributed by atoms with van der Waals surface area (Å²) < 4.78 is 5.49. The van der Waals surface area contributed by atoms with Gasteiger partial charge in [0.05, 0.1) is 12.8 Å². The summed E-state index contributed by atoms with van der Waals surface area (Å²) in [6.07, 6.45) is 2.28. The number of aromatic nitrogens is 1. The van der Waals surface area contributed by atoms with E-state index in [-0.39, 0.29) is 5.91 Å². The van der Waals surface area contributed by atoms with Gasteiger partial charge in [-0.15, -0.1) is 11.3 Å². The molecule has 1 aromatic heterocycles. The second-order valence-electron chi connectivity index (χ2n) is 6.82. The molecule has 0 radical (unpaired) electrons. The third-order valence-electron chi connectivity index (χ3n) is 4.54. The zero-order valence-corrected chi connectivity index (χ0v) is 16.1. The number of hydrogen-bond donors (Lipinski definition) is 0. The van der Waals surface area contributed by atoms with Crippen LogP contribution in [-0.4, -0.2) is 50.1 Å². The Morgan fingerprint density at radius 1 is 1.40 bits per heavy atom. The number of likely N-dealkylation sites (tertiary alicyclic amines) is 1. The molecule has 5 nitrogen and oxygen atoms in total. The lowest BCUT2D eigenvalue weighted by atomic mass is 9.99. The van der Waals surface area contributed by atoms with Gasteiger partial charge < -0.3 is 14.5 Å². The largest absolute Gasteiger partial charge is 0.496 e. The fraction of sp³-hybridized carbons (Fsp3) is 0.474. The SMILES string of the molecule is COc1ccc(C(=O)N2CCCC(C)C2)cc1-c1csc(N(C)C)n1. The van der Waals surface area contributed by atoms with Crippen molar-refractivity contribution in [3.8, 4) is 17.0 Å². The number of carbonyl (C=O) groups is 1. The van der Waals surface area contributed by atoms with Gasteiger partial charge in [0.25, 0.3) is 5.91 Å². The number of rotatable bonds is 4. The third kappa shape index (κ3) is 3.79. The van der Waals surface area contributed by atoms with Crippen molar-refractivity contribution in [2.24, 2.45) is 5.92 Å². The van der Waals surface area contributed by atoms with E-state index in [0.717, 1.165) is 41.6 Å². The van der Waals surface area contributed by atoms with Crippen molar-refractivity contribution in [3.63, 3.8) is 0 Å². The van der Waals surface area contributed by atoms with Gasteiger partial charge in [-0.2, -0.15) is 0 Å². The summed E-state index contributed by atoms with van der Waals surface area (Å²) in [5.74, 6) is 1.40. The van der Waals surface area contributed by atoms with E-state index in [4.69, 9.17) is 4.74 Å². The molecule has 1 atom stereocenters. The molecule has 0 N–H and O–H groups in total. The summed E-state index contributed by atoms with van der Waals surface area (Å²) in [6, 6.07) is 5.63. The molecule has 1 aliphatic rings. The Kier molecular flexibility index (Phi) is 5.27. The molecule has 1 aliphatic heterocycles. The molecular formula is C19H25N3O2S. The molecule has 25 heavy (non-hydrogen) atoms. The van der Waals surface area contributed by atoms with Crippen molar-refractivity contribution in [2.75, 3.05) is 39.2 Å². The molecule has 1 fully saturated rings. The Bertz CT molecular complexity index is 757. The van der Waals surface area contributed by atoms with Gasteiger partial charge in [-0.3, -0.25) is 4.79 Å². The van der Waals surface area contributed by atoms with Crippen LogP contribution in [-0.2, 0) is 0 Å². The molecule has 0 saturated carbocycles. The fourth-order valence-corrected chi connectivity index (χ4v) is 3.95. The minimum Gasteiger partial charge on any atom is -0.496 e. The molecule has 1 aromatic carbocycles. The average Bonchev–Trinajstić information content (AvgIpc) is 3.11. The van der Waals surface area contributed by atoms with Crippen LogP contribution in [0.15, 0.2) is 23.6 Å². The highest BCUT2D eigenvalue weighted by Crippen LogP contribution is 2.34.